The third-order valence-corrected chi connectivity index (χ3v) is 4.17. The van der Waals surface area contributed by atoms with Crippen LogP contribution in [0.5, 0.6) is 0 Å². The number of carbonyl (C=O) groups excluding carboxylic acids is 1. The Hall–Kier alpha value is -0.790. The van der Waals surface area contributed by atoms with Crippen molar-refractivity contribution in [1.29, 1.82) is 0 Å². The molecule has 0 N–H and O–H groups in total. The first-order valence-corrected chi connectivity index (χ1v) is 6.17. The van der Waals surface area contributed by atoms with Crippen molar-refractivity contribution in [2.24, 2.45) is 17.3 Å². The predicted octanol–water partition coefficient (Wildman–Crippen LogP) is 4.80. The average Bonchev–Trinajstić information content (AvgIpc) is 2.75. The lowest BCUT2D eigenvalue weighted by Gasteiger charge is -2.29. The molecule has 0 aromatic carbocycles. The van der Waals surface area contributed by atoms with Crippen LogP contribution in [0.1, 0.15) is 20.8 Å². The van der Waals surface area contributed by atoms with Crippen molar-refractivity contribution < 1.29 is 35.5 Å². The van der Waals surface area contributed by atoms with E-state index in [9.17, 15) is 35.5 Å². The van der Waals surface area contributed by atoms with Gasteiger partial charge in [0.2, 0.25) is 0 Å². The van der Waals surface area contributed by atoms with Crippen LogP contribution < -0.4 is 0 Å². The molecule has 21 heavy (non-hydrogen) atoms. The van der Waals surface area contributed by atoms with E-state index in [1.54, 1.807) is 0 Å². The highest BCUT2D eigenvalue weighted by Crippen LogP contribution is 2.61. The van der Waals surface area contributed by atoms with Crippen LogP contribution in [0.25, 0.3) is 0 Å². The highest BCUT2D eigenvalue weighted by atomic mass is 35.5. The van der Waals surface area contributed by atoms with E-state index < -0.39 is 46.1 Å². The van der Waals surface area contributed by atoms with E-state index in [-0.39, 0.29) is 0 Å². The number of hydrogen-bond acceptors (Lipinski definition) is 1. The summed E-state index contributed by atoms with van der Waals surface area (Å²) in [4.78, 5) is 11.2. The molecular formula is C12H12ClF7O. The largest absolute Gasteiger partial charge is 0.436 e. The Labute approximate surface area is 121 Å². The third-order valence-electron chi connectivity index (χ3n) is 3.78. The minimum Gasteiger partial charge on any atom is -0.300 e. The summed E-state index contributed by atoms with van der Waals surface area (Å²) in [5.74, 6) is -2.16. The molecule has 122 valence electrons. The van der Waals surface area contributed by atoms with Gasteiger partial charge in [-0.25, -0.2) is 4.39 Å². The van der Waals surface area contributed by atoms with Gasteiger partial charge in [-0.05, 0) is 18.3 Å². The first-order chi connectivity index (χ1) is 9.08. The van der Waals surface area contributed by atoms with Crippen molar-refractivity contribution in [3.05, 3.63) is 11.1 Å². The molecule has 0 heterocycles. The van der Waals surface area contributed by atoms with E-state index in [0.29, 0.717) is 6.08 Å². The van der Waals surface area contributed by atoms with Crippen LogP contribution >= 0.6 is 11.6 Å². The van der Waals surface area contributed by atoms with Gasteiger partial charge in [-0.1, -0.05) is 31.5 Å². The Morgan fingerprint density at radius 3 is 1.67 bits per heavy atom. The monoisotopic (exact) mass is 340 g/mol. The fourth-order valence-electron chi connectivity index (χ4n) is 2.47. The zero-order valence-corrected chi connectivity index (χ0v) is 11.9. The molecule has 0 spiro atoms. The molecule has 0 aromatic rings. The van der Waals surface area contributed by atoms with Gasteiger partial charge in [-0.15, -0.1) is 0 Å². The molecule has 1 nitrogen and oxygen atoms in total. The lowest BCUT2D eigenvalue weighted by Crippen LogP contribution is -2.53. The number of rotatable bonds is 3. The number of hydrogen-bond donors (Lipinski definition) is 0. The van der Waals surface area contributed by atoms with Gasteiger partial charge in [0.25, 0.3) is 0 Å². The molecule has 0 radical (unpaired) electrons. The number of carbonyl (C=O) groups is 1. The summed E-state index contributed by atoms with van der Waals surface area (Å²) in [7, 11) is 0. The van der Waals surface area contributed by atoms with Crippen LogP contribution in [-0.4, -0.2) is 23.8 Å². The molecule has 0 amide bonds. The maximum atomic E-state index is 13.6. The summed E-state index contributed by atoms with van der Waals surface area (Å²) in [6.45, 7) is 4.11. The van der Waals surface area contributed by atoms with Crippen LogP contribution in [0, 0.1) is 17.3 Å². The summed E-state index contributed by atoms with van der Waals surface area (Å²) >= 11 is 5.02. The number of halogens is 8. The van der Waals surface area contributed by atoms with Crippen LogP contribution in [0.15, 0.2) is 11.1 Å². The van der Waals surface area contributed by atoms with Gasteiger partial charge in [-0.3, -0.25) is 4.79 Å². The van der Waals surface area contributed by atoms with Gasteiger partial charge in [0.15, 0.2) is 0 Å². The minimum absolute atomic E-state index is 0.356. The number of ketones is 1. The summed E-state index contributed by atoms with van der Waals surface area (Å²) in [6.07, 6.45) is -12.1. The van der Waals surface area contributed by atoms with Crippen molar-refractivity contribution in [2.75, 3.05) is 0 Å². The highest BCUT2D eigenvalue weighted by Gasteiger charge is 2.75. The van der Waals surface area contributed by atoms with Gasteiger partial charge in [0.05, 0.1) is 5.03 Å². The molecule has 1 saturated carbocycles. The van der Waals surface area contributed by atoms with Crippen molar-refractivity contribution in [1.82, 2.24) is 0 Å². The molecule has 2 unspecified atom stereocenters. The van der Waals surface area contributed by atoms with E-state index in [4.69, 9.17) is 11.6 Å². The molecule has 9 heteroatoms. The normalized spacial score (nSPS) is 26.7. The molecule has 2 atom stereocenters. The Bertz CT molecular complexity index is 461. The first-order valence-electron chi connectivity index (χ1n) is 5.79. The molecule has 0 aliphatic heterocycles. The Morgan fingerprint density at radius 1 is 1.05 bits per heavy atom. The van der Waals surface area contributed by atoms with Crippen molar-refractivity contribution >= 4 is 17.4 Å². The molecule has 1 fully saturated rings. The fourth-order valence-corrected chi connectivity index (χ4v) is 2.82. The fraction of sp³-hybridized carbons (Fsp3) is 0.750. The van der Waals surface area contributed by atoms with Crippen LogP contribution in [0.2, 0.25) is 0 Å². The predicted molar refractivity (Wildman–Crippen MR) is 61.3 cm³/mol. The van der Waals surface area contributed by atoms with Crippen LogP contribution in [0.3, 0.4) is 0 Å². The Morgan fingerprint density at radius 2 is 1.43 bits per heavy atom. The standard InChI is InChI=1S/C12H12ClF7O/c1-5(21)8-6(9(8,2)3)4-7(13)10(14,11(15,16)17)12(18,19)20/h4,6,8H,1-3H3. The SMILES string of the molecule is CC(=O)C1C(C=C(Cl)C(F)(C(F)(F)F)C(F)(F)F)C1(C)C. The molecule has 0 aromatic heterocycles. The van der Waals surface area contributed by atoms with Gasteiger partial charge in [-0.2, -0.15) is 26.3 Å². The second kappa shape index (κ2) is 4.86. The van der Waals surface area contributed by atoms with E-state index in [1.165, 1.54) is 13.8 Å². The maximum Gasteiger partial charge on any atom is 0.436 e. The average molecular weight is 341 g/mol. The number of Topliss-reactive ketones (excluding diaryl/α,β-unsaturated/α-hetero) is 1. The lowest BCUT2D eigenvalue weighted by molar-refractivity contribution is -0.323. The zero-order chi connectivity index (χ0) is 17.0. The first kappa shape index (κ1) is 18.3. The minimum atomic E-state index is -6.25. The van der Waals surface area contributed by atoms with E-state index in [1.807, 2.05) is 0 Å². The molecule has 0 saturated heterocycles. The Kier molecular flexibility index (Phi) is 4.22. The second-order valence-electron chi connectivity index (χ2n) is 5.60. The van der Waals surface area contributed by atoms with Crippen LogP contribution in [-0.2, 0) is 4.79 Å². The van der Waals surface area contributed by atoms with Gasteiger partial charge in [0.1, 0.15) is 5.78 Å². The summed E-state index contributed by atoms with van der Waals surface area (Å²) < 4.78 is 88.5. The molecule has 1 rings (SSSR count). The van der Waals surface area contributed by atoms with E-state index >= 15 is 0 Å². The van der Waals surface area contributed by atoms with Crippen LogP contribution in [0.4, 0.5) is 30.7 Å². The third kappa shape index (κ3) is 2.78. The number of alkyl halides is 7. The van der Waals surface area contributed by atoms with E-state index in [2.05, 4.69) is 0 Å². The highest BCUT2D eigenvalue weighted by molar-refractivity contribution is 6.31. The van der Waals surface area contributed by atoms with Crippen molar-refractivity contribution in [2.45, 2.75) is 38.8 Å². The molecular weight excluding hydrogens is 329 g/mol. The van der Waals surface area contributed by atoms with Crippen molar-refractivity contribution in [3.8, 4) is 0 Å². The summed E-state index contributed by atoms with van der Waals surface area (Å²) in [5.41, 5.74) is -6.49. The molecule has 1 aliphatic rings. The Balaban J connectivity index is 3.25. The quantitative estimate of drug-likeness (QED) is 0.674. The molecule has 1 aliphatic carbocycles. The lowest BCUT2D eigenvalue weighted by atomic mass is 10.0. The van der Waals surface area contributed by atoms with Gasteiger partial charge in [0, 0.05) is 5.92 Å². The smallest absolute Gasteiger partial charge is 0.300 e. The molecule has 0 bridgehead atoms. The topological polar surface area (TPSA) is 17.1 Å². The maximum absolute atomic E-state index is 13.6. The van der Waals surface area contributed by atoms with Gasteiger partial charge >= 0.3 is 18.0 Å². The summed E-state index contributed by atoms with van der Waals surface area (Å²) in [5, 5.41) is -2.01. The van der Waals surface area contributed by atoms with Crippen molar-refractivity contribution in [3.63, 3.8) is 0 Å². The zero-order valence-electron chi connectivity index (χ0n) is 11.2. The second-order valence-corrected chi connectivity index (χ2v) is 6.01. The van der Waals surface area contributed by atoms with Gasteiger partial charge < -0.3 is 0 Å². The number of allylic oxidation sites excluding steroid dienone is 2. The summed E-state index contributed by atoms with van der Waals surface area (Å²) in [6, 6.07) is 0. The van der Waals surface area contributed by atoms with E-state index in [0.717, 1.165) is 6.92 Å².